The zero-order valence-corrected chi connectivity index (χ0v) is 10.6. The Hall–Kier alpha value is -1.57. The number of allylic oxidation sites excluding steroid dienone is 1. The highest BCUT2D eigenvalue weighted by molar-refractivity contribution is 5.79. The van der Waals surface area contributed by atoms with E-state index in [2.05, 4.69) is 24.3 Å². The van der Waals surface area contributed by atoms with Crippen molar-refractivity contribution in [2.24, 2.45) is 0 Å². The first-order valence-electron chi connectivity index (χ1n) is 6.74. The fourth-order valence-electron chi connectivity index (χ4n) is 2.66. The van der Waals surface area contributed by atoms with Gasteiger partial charge in [0.2, 0.25) is 0 Å². The normalized spacial score (nSPS) is 17.1. The van der Waals surface area contributed by atoms with E-state index in [1.165, 1.54) is 49.3 Å². The van der Waals surface area contributed by atoms with Crippen molar-refractivity contribution in [3.05, 3.63) is 47.5 Å². The molecular weight excluding hydrogens is 224 g/mol. The Morgan fingerprint density at radius 2 is 1.83 bits per heavy atom. The van der Waals surface area contributed by atoms with Crippen molar-refractivity contribution in [2.75, 3.05) is 0 Å². The summed E-state index contributed by atoms with van der Waals surface area (Å²) in [7, 11) is 0. The van der Waals surface area contributed by atoms with Gasteiger partial charge in [0.15, 0.2) is 0 Å². The second kappa shape index (κ2) is 6.39. The second-order valence-corrected chi connectivity index (χ2v) is 5.02. The number of carbonyl (C=O) groups is 1. The van der Waals surface area contributed by atoms with E-state index in [1.807, 2.05) is 0 Å². The summed E-state index contributed by atoms with van der Waals surface area (Å²) >= 11 is 0. The number of aliphatic carboxylic acids is 1. The molecule has 1 N–H and O–H groups in total. The minimum absolute atomic E-state index is 0.692. The van der Waals surface area contributed by atoms with Crippen LogP contribution in [-0.2, 0) is 11.2 Å². The van der Waals surface area contributed by atoms with Gasteiger partial charge in [-0.05, 0) is 36.3 Å². The summed E-state index contributed by atoms with van der Waals surface area (Å²) in [5.41, 5.74) is 2.62. The van der Waals surface area contributed by atoms with E-state index >= 15 is 0 Å². The molecule has 0 atom stereocenters. The van der Waals surface area contributed by atoms with E-state index in [-0.39, 0.29) is 0 Å². The molecule has 2 rings (SSSR count). The van der Waals surface area contributed by atoms with E-state index in [0.29, 0.717) is 6.42 Å². The topological polar surface area (TPSA) is 37.3 Å². The summed E-state index contributed by atoms with van der Waals surface area (Å²) in [5, 5.41) is 8.52. The van der Waals surface area contributed by atoms with Crippen molar-refractivity contribution in [2.45, 2.75) is 44.4 Å². The molecule has 1 fully saturated rings. The molecule has 18 heavy (non-hydrogen) atoms. The number of carboxylic acids is 1. The predicted molar refractivity (Wildman–Crippen MR) is 72.7 cm³/mol. The molecule has 0 aliphatic heterocycles. The molecule has 1 aliphatic carbocycles. The SMILES string of the molecule is O=C(O)/C=C/Cc1ccc(C2CCCCC2)cc1. The highest BCUT2D eigenvalue weighted by atomic mass is 16.4. The summed E-state index contributed by atoms with van der Waals surface area (Å²) in [6.45, 7) is 0. The van der Waals surface area contributed by atoms with Gasteiger partial charge in [-0.2, -0.15) is 0 Å². The van der Waals surface area contributed by atoms with Gasteiger partial charge >= 0.3 is 5.97 Å². The van der Waals surface area contributed by atoms with Gasteiger partial charge in [-0.25, -0.2) is 4.79 Å². The Morgan fingerprint density at radius 3 is 2.44 bits per heavy atom. The van der Waals surface area contributed by atoms with Crippen LogP contribution in [0.25, 0.3) is 0 Å². The van der Waals surface area contributed by atoms with Crippen LogP contribution in [0.2, 0.25) is 0 Å². The van der Waals surface area contributed by atoms with Gasteiger partial charge in [0.1, 0.15) is 0 Å². The van der Waals surface area contributed by atoms with Gasteiger partial charge in [-0.1, -0.05) is 49.6 Å². The van der Waals surface area contributed by atoms with Crippen LogP contribution in [0.15, 0.2) is 36.4 Å². The molecule has 1 saturated carbocycles. The Balaban J connectivity index is 1.94. The van der Waals surface area contributed by atoms with Crippen LogP contribution in [0, 0.1) is 0 Å². The van der Waals surface area contributed by atoms with Crippen LogP contribution in [0.5, 0.6) is 0 Å². The molecule has 0 radical (unpaired) electrons. The van der Waals surface area contributed by atoms with Gasteiger partial charge in [-0.3, -0.25) is 0 Å². The minimum Gasteiger partial charge on any atom is -0.478 e. The van der Waals surface area contributed by atoms with Crippen LogP contribution in [-0.4, -0.2) is 11.1 Å². The van der Waals surface area contributed by atoms with E-state index < -0.39 is 5.97 Å². The summed E-state index contributed by atoms with van der Waals surface area (Å²) in [6.07, 6.45) is 10.3. The van der Waals surface area contributed by atoms with Crippen LogP contribution in [0.3, 0.4) is 0 Å². The highest BCUT2D eigenvalue weighted by Gasteiger charge is 2.14. The van der Waals surface area contributed by atoms with Crippen LogP contribution in [0.4, 0.5) is 0 Å². The lowest BCUT2D eigenvalue weighted by atomic mass is 9.84. The lowest BCUT2D eigenvalue weighted by molar-refractivity contribution is -0.131. The average molecular weight is 244 g/mol. The summed E-state index contributed by atoms with van der Waals surface area (Å²) in [5.74, 6) is -0.142. The van der Waals surface area contributed by atoms with Gasteiger partial charge in [-0.15, -0.1) is 0 Å². The fraction of sp³-hybridized carbons (Fsp3) is 0.438. The third-order valence-corrected chi connectivity index (χ3v) is 3.67. The smallest absolute Gasteiger partial charge is 0.327 e. The van der Waals surface area contributed by atoms with Gasteiger partial charge in [0.25, 0.3) is 0 Å². The van der Waals surface area contributed by atoms with E-state index in [9.17, 15) is 4.79 Å². The lowest BCUT2D eigenvalue weighted by Gasteiger charge is -2.22. The Kier molecular flexibility index (Phi) is 4.57. The monoisotopic (exact) mass is 244 g/mol. The van der Waals surface area contributed by atoms with E-state index in [0.717, 1.165) is 5.92 Å². The first-order chi connectivity index (χ1) is 8.75. The summed E-state index contributed by atoms with van der Waals surface area (Å²) in [6, 6.07) is 8.66. The maximum Gasteiger partial charge on any atom is 0.327 e. The first-order valence-corrected chi connectivity index (χ1v) is 6.74. The average Bonchev–Trinajstić information content (AvgIpc) is 2.40. The van der Waals surface area contributed by atoms with Crippen molar-refractivity contribution in [1.29, 1.82) is 0 Å². The molecule has 2 nitrogen and oxygen atoms in total. The van der Waals surface area contributed by atoms with Crippen molar-refractivity contribution in [3.8, 4) is 0 Å². The highest BCUT2D eigenvalue weighted by Crippen LogP contribution is 2.32. The molecular formula is C16H20O2. The van der Waals surface area contributed by atoms with Crippen molar-refractivity contribution in [3.63, 3.8) is 0 Å². The molecule has 1 aromatic rings. The van der Waals surface area contributed by atoms with Gasteiger partial charge in [0, 0.05) is 6.08 Å². The quantitative estimate of drug-likeness (QED) is 0.815. The molecule has 0 unspecified atom stereocenters. The Bertz CT molecular complexity index is 411. The van der Waals surface area contributed by atoms with E-state index in [4.69, 9.17) is 5.11 Å². The summed E-state index contributed by atoms with van der Waals surface area (Å²) in [4.78, 5) is 10.4. The van der Waals surface area contributed by atoms with E-state index in [1.54, 1.807) is 6.08 Å². The molecule has 2 heteroatoms. The van der Waals surface area contributed by atoms with Crippen molar-refractivity contribution in [1.82, 2.24) is 0 Å². The number of benzene rings is 1. The molecule has 96 valence electrons. The molecule has 1 aliphatic rings. The zero-order chi connectivity index (χ0) is 12.8. The minimum atomic E-state index is -0.881. The molecule has 0 amide bonds. The lowest BCUT2D eigenvalue weighted by Crippen LogP contribution is -2.04. The third-order valence-electron chi connectivity index (χ3n) is 3.67. The maximum atomic E-state index is 10.4. The maximum absolute atomic E-state index is 10.4. The molecule has 0 heterocycles. The summed E-state index contributed by atoms with van der Waals surface area (Å²) < 4.78 is 0. The second-order valence-electron chi connectivity index (χ2n) is 5.02. The number of rotatable bonds is 4. The molecule has 0 saturated heterocycles. The Labute approximate surface area is 108 Å². The number of carboxylic acid groups (broad SMARTS) is 1. The standard InChI is InChI=1S/C16H20O2/c17-16(18)8-4-5-13-9-11-15(12-10-13)14-6-2-1-3-7-14/h4,8-12,14H,1-3,5-7H2,(H,17,18)/b8-4+. The first kappa shape index (κ1) is 12.9. The van der Waals surface area contributed by atoms with Crippen LogP contribution < -0.4 is 0 Å². The predicted octanol–water partition coefficient (Wildman–Crippen LogP) is 3.92. The molecule has 0 aromatic heterocycles. The van der Waals surface area contributed by atoms with Crippen LogP contribution in [0.1, 0.15) is 49.1 Å². The third kappa shape index (κ3) is 3.73. The Morgan fingerprint density at radius 1 is 1.17 bits per heavy atom. The fourth-order valence-corrected chi connectivity index (χ4v) is 2.66. The van der Waals surface area contributed by atoms with Crippen molar-refractivity contribution >= 4 is 5.97 Å². The number of hydrogen-bond donors (Lipinski definition) is 1. The van der Waals surface area contributed by atoms with Gasteiger partial charge < -0.3 is 5.11 Å². The van der Waals surface area contributed by atoms with Gasteiger partial charge in [0.05, 0.1) is 0 Å². The number of hydrogen-bond acceptors (Lipinski definition) is 1. The van der Waals surface area contributed by atoms with Crippen LogP contribution >= 0.6 is 0 Å². The zero-order valence-electron chi connectivity index (χ0n) is 10.6. The molecule has 0 spiro atoms. The molecule has 1 aromatic carbocycles. The molecule has 0 bridgehead atoms. The largest absolute Gasteiger partial charge is 0.478 e. The van der Waals surface area contributed by atoms with Crippen molar-refractivity contribution < 1.29 is 9.90 Å².